The van der Waals surface area contributed by atoms with Crippen LogP contribution in [0.5, 0.6) is 0 Å². The predicted molar refractivity (Wildman–Crippen MR) is 145 cm³/mol. The van der Waals surface area contributed by atoms with Crippen molar-refractivity contribution in [2.24, 2.45) is 5.73 Å². The number of nitrogens with two attached hydrogens (primary N) is 1. The smallest absolute Gasteiger partial charge is 0.267 e. The number of fused-ring (bicyclic) bond motifs is 1. The van der Waals surface area contributed by atoms with Crippen LogP contribution in [-0.2, 0) is 13.0 Å². The van der Waals surface area contributed by atoms with E-state index in [9.17, 15) is 9.59 Å². The number of aromatic nitrogens is 3. The minimum atomic E-state index is -0.458. The molecule has 8 heteroatoms. The molecule has 1 unspecified atom stereocenters. The first-order chi connectivity index (χ1) is 18.0. The fraction of sp³-hybridized carbons (Fsp3) is 0.379. The normalized spacial score (nSPS) is 12.1. The van der Waals surface area contributed by atoms with Crippen LogP contribution in [0.2, 0.25) is 0 Å². The Balaban J connectivity index is 1.82. The molecule has 2 aromatic carbocycles. The molecule has 2 heterocycles. The fourth-order valence-corrected chi connectivity index (χ4v) is 4.73. The first kappa shape index (κ1) is 26.3. The Hall–Kier alpha value is -3.78. The third-order valence-electron chi connectivity index (χ3n) is 6.64. The zero-order valence-electron chi connectivity index (χ0n) is 21.8. The van der Waals surface area contributed by atoms with Crippen molar-refractivity contribution in [3.8, 4) is 0 Å². The summed E-state index contributed by atoms with van der Waals surface area (Å²) in [5.41, 5.74) is 9.07. The molecule has 2 N–H and O–H groups in total. The van der Waals surface area contributed by atoms with E-state index in [-0.39, 0.29) is 17.2 Å². The molecule has 0 aliphatic heterocycles. The molecule has 0 spiro atoms. The van der Waals surface area contributed by atoms with E-state index in [1.807, 2.05) is 61.5 Å². The summed E-state index contributed by atoms with van der Waals surface area (Å²) in [6, 6.07) is 17.1. The van der Waals surface area contributed by atoms with Gasteiger partial charge in [0, 0.05) is 12.1 Å². The molecule has 37 heavy (non-hydrogen) atoms. The lowest BCUT2D eigenvalue weighted by molar-refractivity contribution is 0.0655. The van der Waals surface area contributed by atoms with E-state index in [2.05, 4.69) is 12.1 Å². The van der Waals surface area contributed by atoms with Crippen LogP contribution in [0.1, 0.15) is 72.2 Å². The van der Waals surface area contributed by atoms with Gasteiger partial charge in [-0.3, -0.25) is 14.2 Å². The summed E-state index contributed by atoms with van der Waals surface area (Å²) in [4.78, 5) is 34.1. The van der Waals surface area contributed by atoms with Gasteiger partial charge in [-0.25, -0.2) is 0 Å². The number of hydrogen-bond donors (Lipinski definition) is 1. The highest BCUT2D eigenvalue weighted by Gasteiger charge is 2.30. The van der Waals surface area contributed by atoms with Crippen molar-refractivity contribution in [3.63, 3.8) is 0 Å². The Kier molecular flexibility index (Phi) is 8.50. The topological polar surface area (TPSA) is 107 Å². The Morgan fingerprint density at radius 3 is 2.46 bits per heavy atom. The predicted octanol–water partition coefficient (Wildman–Crippen LogP) is 4.64. The molecule has 0 saturated heterocycles. The lowest BCUT2D eigenvalue weighted by atomic mass is 10.0. The molecule has 4 aromatic rings. The number of nitrogens with zero attached hydrogens (tertiary/aromatic N) is 4. The van der Waals surface area contributed by atoms with Gasteiger partial charge in [-0.1, -0.05) is 67.9 Å². The Labute approximate surface area is 217 Å². The van der Waals surface area contributed by atoms with Gasteiger partial charge < -0.3 is 15.2 Å². The molecule has 0 saturated carbocycles. The van der Waals surface area contributed by atoms with E-state index in [0.29, 0.717) is 54.9 Å². The average molecular weight is 502 g/mol. The zero-order valence-corrected chi connectivity index (χ0v) is 21.8. The van der Waals surface area contributed by atoms with Crippen molar-refractivity contribution in [2.45, 2.75) is 59.0 Å². The molecule has 2 aromatic heterocycles. The van der Waals surface area contributed by atoms with Crippen LogP contribution in [0.25, 0.3) is 11.1 Å². The number of amides is 1. The van der Waals surface area contributed by atoms with Crippen LogP contribution in [0.15, 0.2) is 63.9 Å². The molecule has 0 radical (unpaired) electrons. The van der Waals surface area contributed by atoms with E-state index in [4.69, 9.17) is 15.2 Å². The van der Waals surface area contributed by atoms with Gasteiger partial charge in [-0.2, -0.15) is 4.98 Å². The summed E-state index contributed by atoms with van der Waals surface area (Å²) in [7, 11) is 0. The van der Waals surface area contributed by atoms with Gasteiger partial charge in [0.2, 0.25) is 0 Å². The number of rotatable bonds is 11. The van der Waals surface area contributed by atoms with Crippen molar-refractivity contribution in [2.75, 3.05) is 13.1 Å². The first-order valence-electron chi connectivity index (χ1n) is 13.0. The second-order valence-electron chi connectivity index (χ2n) is 9.31. The van der Waals surface area contributed by atoms with Crippen molar-refractivity contribution < 1.29 is 9.32 Å². The number of carbonyl (C=O) groups excluding carboxylic acids is 1. The van der Waals surface area contributed by atoms with Crippen molar-refractivity contribution in [1.29, 1.82) is 0 Å². The Morgan fingerprint density at radius 1 is 1.08 bits per heavy atom. The summed E-state index contributed by atoms with van der Waals surface area (Å²) in [6.07, 6.45) is 3.20. The molecule has 1 atom stereocenters. The number of benzene rings is 2. The second kappa shape index (κ2) is 12.0. The summed E-state index contributed by atoms with van der Waals surface area (Å²) < 4.78 is 7.07. The lowest BCUT2D eigenvalue weighted by Crippen LogP contribution is -2.40. The fourth-order valence-electron chi connectivity index (χ4n) is 4.73. The van der Waals surface area contributed by atoms with Crippen molar-refractivity contribution >= 4 is 17.0 Å². The molecule has 0 fully saturated rings. The zero-order chi connectivity index (χ0) is 26.4. The van der Waals surface area contributed by atoms with Crippen LogP contribution in [-0.4, -0.2) is 38.6 Å². The van der Waals surface area contributed by atoms with E-state index in [1.165, 1.54) is 5.56 Å². The largest absolute Gasteiger partial charge is 0.335 e. The Bertz CT molecular complexity index is 1390. The maximum Gasteiger partial charge on any atom is 0.267 e. The van der Waals surface area contributed by atoms with Gasteiger partial charge >= 0.3 is 0 Å². The van der Waals surface area contributed by atoms with Gasteiger partial charge in [-0.15, -0.1) is 0 Å². The number of aryl methyl sites for hydroxylation is 2. The monoisotopic (exact) mass is 501 g/mol. The maximum atomic E-state index is 13.8. The lowest BCUT2D eigenvalue weighted by Gasteiger charge is -2.32. The van der Waals surface area contributed by atoms with Crippen molar-refractivity contribution in [1.82, 2.24) is 19.6 Å². The highest BCUT2D eigenvalue weighted by Crippen LogP contribution is 2.27. The molecule has 0 bridgehead atoms. The van der Waals surface area contributed by atoms with Crippen molar-refractivity contribution in [3.05, 3.63) is 93.2 Å². The van der Waals surface area contributed by atoms with Crippen LogP contribution < -0.4 is 11.3 Å². The van der Waals surface area contributed by atoms with Gasteiger partial charge in [-0.05, 0) is 56.0 Å². The standard InChI is InChI=1S/C29H35N5O3/c1-4-10-21-13-15-23(16-14-21)28(35)33(18-9-17-30)24(5-2)26-31-27-25(20(3)32-37-27)29(36)34(26)19-22-11-7-6-8-12-22/h6-8,11-16,24H,4-5,9-10,17-19,30H2,1-3H3. The molecule has 8 nitrogen and oxygen atoms in total. The first-order valence-corrected chi connectivity index (χ1v) is 13.0. The van der Waals surface area contributed by atoms with Crippen LogP contribution >= 0.6 is 0 Å². The summed E-state index contributed by atoms with van der Waals surface area (Å²) in [5, 5.41) is 4.35. The highest BCUT2D eigenvalue weighted by atomic mass is 16.5. The highest BCUT2D eigenvalue weighted by molar-refractivity contribution is 5.94. The summed E-state index contributed by atoms with van der Waals surface area (Å²) in [5.74, 6) is 0.366. The number of hydrogen-bond acceptors (Lipinski definition) is 6. The molecular weight excluding hydrogens is 466 g/mol. The maximum absolute atomic E-state index is 13.8. The number of carbonyl (C=O) groups is 1. The summed E-state index contributed by atoms with van der Waals surface area (Å²) >= 11 is 0. The average Bonchev–Trinajstić information content (AvgIpc) is 3.29. The van der Waals surface area contributed by atoms with Gasteiger partial charge in [0.25, 0.3) is 17.2 Å². The quantitative estimate of drug-likeness (QED) is 0.321. The second-order valence-corrected chi connectivity index (χ2v) is 9.31. The van der Waals surface area contributed by atoms with E-state index in [0.717, 1.165) is 18.4 Å². The Morgan fingerprint density at radius 2 is 1.81 bits per heavy atom. The van der Waals surface area contributed by atoms with E-state index >= 15 is 0 Å². The van der Waals surface area contributed by atoms with E-state index in [1.54, 1.807) is 16.4 Å². The molecule has 1 amide bonds. The minimum absolute atomic E-state index is 0.113. The summed E-state index contributed by atoms with van der Waals surface area (Å²) in [6.45, 7) is 7.07. The van der Waals surface area contributed by atoms with Gasteiger partial charge in [0.15, 0.2) is 0 Å². The van der Waals surface area contributed by atoms with Gasteiger partial charge in [0.05, 0.1) is 18.3 Å². The molecule has 0 aliphatic rings. The molecule has 0 aliphatic carbocycles. The van der Waals surface area contributed by atoms with Crippen LogP contribution in [0.4, 0.5) is 0 Å². The molecule has 194 valence electrons. The van der Waals surface area contributed by atoms with Crippen LogP contribution in [0.3, 0.4) is 0 Å². The van der Waals surface area contributed by atoms with E-state index < -0.39 is 6.04 Å². The molecular formula is C29H35N5O3. The van der Waals surface area contributed by atoms with Gasteiger partial charge in [0.1, 0.15) is 11.2 Å². The van der Waals surface area contributed by atoms with Crippen LogP contribution in [0, 0.1) is 6.92 Å². The SMILES string of the molecule is CCCc1ccc(C(=O)N(CCCN)C(CC)c2nc3onc(C)c3c(=O)n2Cc2ccccc2)cc1. The molecule has 4 rings (SSSR count). The minimum Gasteiger partial charge on any atom is -0.335 e. The third-order valence-corrected chi connectivity index (χ3v) is 6.64. The third kappa shape index (κ3) is 5.64.